The van der Waals surface area contributed by atoms with Crippen molar-refractivity contribution in [3.05, 3.63) is 59.7 Å². The van der Waals surface area contributed by atoms with Crippen LogP contribution in [0.15, 0.2) is 48.5 Å². The van der Waals surface area contributed by atoms with E-state index in [1.807, 2.05) is 45.0 Å². The van der Waals surface area contributed by atoms with E-state index in [0.29, 0.717) is 0 Å². The van der Waals surface area contributed by atoms with Gasteiger partial charge in [-0.2, -0.15) is 0 Å². The van der Waals surface area contributed by atoms with E-state index in [0.717, 1.165) is 31.4 Å². The molecular formula is C26H35NO4. The first-order valence-corrected chi connectivity index (χ1v) is 11.2. The number of alkyl carbamates (subject to hydrolysis) is 1. The minimum atomic E-state index is -0.488. The van der Waals surface area contributed by atoms with Crippen LogP contribution in [-0.4, -0.2) is 28.9 Å². The molecule has 5 heteroatoms. The molecule has 1 fully saturated rings. The van der Waals surface area contributed by atoms with Gasteiger partial charge in [0.2, 0.25) is 0 Å². The molecular weight excluding hydrogens is 390 g/mol. The quantitative estimate of drug-likeness (QED) is 0.577. The molecule has 5 nitrogen and oxygen atoms in total. The zero-order chi connectivity index (χ0) is 22.6. The van der Waals surface area contributed by atoms with Crippen molar-refractivity contribution in [3.8, 4) is 11.5 Å². The summed E-state index contributed by atoms with van der Waals surface area (Å²) in [6.07, 6.45) is 3.23. The Morgan fingerprint density at radius 1 is 0.968 bits per heavy atom. The molecule has 2 aromatic carbocycles. The van der Waals surface area contributed by atoms with E-state index in [4.69, 9.17) is 9.47 Å². The van der Waals surface area contributed by atoms with Crippen molar-refractivity contribution in [1.82, 2.24) is 5.32 Å². The molecule has 1 aliphatic rings. The van der Waals surface area contributed by atoms with Gasteiger partial charge in [0, 0.05) is 24.3 Å². The predicted octanol–water partition coefficient (Wildman–Crippen LogP) is 5.93. The number of hydrogen-bond donors (Lipinski definition) is 2. The normalized spacial score (nSPS) is 18.7. The number of rotatable bonds is 7. The fourth-order valence-corrected chi connectivity index (χ4v) is 4.31. The predicted molar refractivity (Wildman–Crippen MR) is 123 cm³/mol. The number of hydrogen-bond acceptors (Lipinski definition) is 4. The summed E-state index contributed by atoms with van der Waals surface area (Å²) in [5.74, 6) is 1.13. The van der Waals surface area contributed by atoms with Gasteiger partial charge in [0.15, 0.2) is 0 Å². The van der Waals surface area contributed by atoms with Crippen LogP contribution in [0.3, 0.4) is 0 Å². The molecule has 0 bridgehead atoms. The Morgan fingerprint density at radius 3 is 1.97 bits per heavy atom. The van der Waals surface area contributed by atoms with Crippen LogP contribution in [0.5, 0.6) is 11.5 Å². The van der Waals surface area contributed by atoms with Crippen LogP contribution in [0, 0.1) is 0 Å². The fourth-order valence-electron chi connectivity index (χ4n) is 4.31. The van der Waals surface area contributed by atoms with Crippen molar-refractivity contribution in [2.75, 3.05) is 0 Å². The third kappa shape index (κ3) is 5.52. The van der Waals surface area contributed by atoms with E-state index < -0.39 is 5.60 Å². The van der Waals surface area contributed by atoms with E-state index >= 15 is 0 Å². The molecule has 0 heterocycles. The van der Waals surface area contributed by atoms with Crippen LogP contribution in [-0.2, 0) is 10.2 Å². The molecule has 1 amide bonds. The number of ether oxygens (including phenoxy) is 2. The number of carbonyl (C=O) groups excluding carboxylic acids is 1. The highest BCUT2D eigenvalue weighted by molar-refractivity contribution is 5.68. The zero-order valence-corrected chi connectivity index (χ0v) is 19.3. The van der Waals surface area contributed by atoms with Crippen LogP contribution >= 0.6 is 0 Å². The maximum atomic E-state index is 11.9. The average molecular weight is 426 g/mol. The lowest BCUT2D eigenvalue weighted by Gasteiger charge is -2.36. The van der Waals surface area contributed by atoms with Gasteiger partial charge in [-0.3, -0.25) is 0 Å². The first-order valence-electron chi connectivity index (χ1n) is 11.2. The van der Waals surface area contributed by atoms with Gasteiger partial charge in [0.25, 0.3) is 0 Å². The summed E-state index contributed by atoms with van der Waals surface area (Å²) in [4.78, 5) is 11.9. The highest BCUT2D eigenvalue weighted by Crippen LogP contribution is 2.40. The van der Waals surface area contributed by atoms with Crippen LogP contribution in [0.2, 0.25) is 0 Å². The fraction of sp³-hybridized carbons (Fsp3) is 0.500. The van der Waals surface area contributed by atoms with Gasteiger partial charge in [-0.1, -0.05) is 38.1 Å². The lowest BCUT2D eigenvalue weighted by molar-refractivity contribution is 0.0363. The molecule has 0 atom stereocenters. The first kappa shape index (κ1) is 23.0. The first-order chi connectivity index (χ1) is 14.6. The molecule has 0 spiro atoms. The largest absolute Gasteiger partial charge is 0.508 e. The molecule has 2 aromatic rings. The second-order valence-electron chi connectivity index (χ2n) is 9.41. The van der Waals surface area contributed by atoms with Crippen LogP contribution in [0.4, 0.5) is 4.79 Å². The zero-order valence-electron chi connectivity index (χ0n) is 19.3. The SMILES string of the molecule is CCC(CC)(c1ccc(O)cc1)c1ccc(OC2CC(NC(=O)OC(C)(C)C)C2)cc1. The highest BCUT2D eigenvalue weighted by atomic mass is 16.6. The molecule has 1 saturated carbocycles. The summed E-state index contributed by atoms with van der Waals surface area (Å²) in [6, 6.07) is 16.0. The molecule has 1 aliphatic carbocycles. The third-order valence-electron chi connectivity index (χ3n) is 6.15. The monoisotopic (exact) mass is 425 g/mol. The van der Waals surface area contributed by atoms with E-state index in [2.05, 4.69) is 31.3 Å². The molecule has 31 heavy (non-hydrogen) atoms. The number of benzene rings is 2. The number of phenolic OH excluding ortho intramolecular Hbond substituents is 1. The Hall–Kier alpha value is -2.69. The second-order valence-corrected chi connectivity index (χ2v) is 9.41. The molecule has 0 aromatic heterocycles. The van der Waals surface area contributed by atoms with Gasteiger partial charge in [0.05, 0.1) is 0 Å². The Labute approximate surface area is 185 Å². The van der Waals surface area contributed by atoms with Gasteiger partial charge >= 0.3 is 6.09 Å². The molecule has 168 valence electrons. The summed E-state index contributed by atoms with van der Waals surface area (Å²) in [7, 11) is 0. The van der Waals surface area contributed by atoms with Gasteiger partial charge in [-0.05, 0) is 69.0 Å². The van der Waals surface area contributed by atoms with Crippen molar-refractivity contribution >= 4 is 6.09 Å². The number of phenols is 1. The minimum absolute atomic E-state index is 0.0921. The molecule has 0 saturated heterocycles. The second kappa shape index (κ2) is 9.21. The van der Waals surface area contributed by atoms with Crippen molar-refractivity contribution in [2.45, 2.75) is 83.5 Å². The van der Waals surface area contributed by atoms with Crippen molar-refractivity contribution in [1.29, 1.82) is 0 Å². The standard InChI is InChI=1S/C26H35NO4/c1-6-26(7-2,18-8-12-21(28)13-9-18)19-10-14-22(15-11-19)30-23-16-20(17-23)27-24(29)31-25(3,4)5/h8-15,20,23,28H,6-7,16-17H2,1-5H3,(H,27,29). The summed E-state index contributed by atoms with van der Waals surface area (Å²) < 4.78 is 11.4. The molecule has 2 N–H and O–H groups in total. The minimum Gasteiger partial charge on any atom is -0.508 e. The van der Waals surface area contributed by atoms with Gasteiger partial charge in [-0.15, -0.1) is 0 Å². The van der Waals surface area contributed by atoms with E-state index in [1.54, 1.807) is 12.1 Å². The highest BCUT2D eigenvalue weighted by Gasteiger charge is 2.34. The Kier molecular flexibility index (Phi) is 6.83. The topological polar surface area (TPSA) is 67.8 Å². The molecule has 0 unspecified atom stereocenters. The maximum Gasteiger partial charge on any atom is 0.407 e. The smallest absolute Gasteiger partial charge is 0.407 e. The Bertz CT molecular complexity index is 858. The summed E-state index contributed by atoms with van der Waals surface area (Å²) >= 11 is 0. The van der Waals surface area contributed by atoms with Crippen molar-refractivity contribution < 1.29 is 19.4 Å². The van der Waals surface area contributed by atoms with E-state index in [9.17, 15) is 9.90 Å². The van der Waals surface area contributed by atoms with Crippen LogP contribution in [0.25, 0.3) is 0 Å². The third-order valence-corrected chi connectivity index (χ3v) is 6.15. The van der Waals surface area contributed by atoms with E-state index in [-0.39, 0.29) is 29.4 Å². The van der Waals surface area contributed by atoms with E-state index in [1.165, 1.54) is 11.1 Å². The molecule has 3 rings (SSSR count). The van der Waals surface area contributed by atoms with Crippen LogP contribution in [0.1, 0.15) is 71.4 Å². The lowest BCUT2D eigenvalue weighted by atomic mass is 9.70. The van der Waals surface area contributed by atoms with Gasteiger partial charge in [-0.25, -0.2) is 4.79 Å². The van der Waals surface area contributed by atoms with Crippen LogP contribution < -0.4 is 10.1 Å². The number of nitrogens with one attached hydrogen (secondary N) is 1. The Balaban J connectivity index is 1.59. The molecule has 0 aliphatic heterocycles. The average Bonchev–Trinajstić information content (AvgIpc) is 2.68. The summed E-state index contributed by atoms with van der Waals surface area (Å²) in [6.45, 7) is 9.98. The van der Waals surface area contributed by atoms with Crippen molar-refractivity contribution in [2.24, 2.45) is 0 Å². The van der Waals surface area contributed by atoms with Gasteiger partial charge in [0.1, 0.15) is 23.2 Å². The number of aromatic hydroxyl groups is 1. The summed E-state index contributed by atoms with van der Waals surface area (Å²) in [5.41, 5.74) is 1.87. The molecule has 0 radical (unpaired) electrons. The number of carbonyl (C=O) groups is 1. The lowest BCUT2D eigenvalue weighted by Crippen LogP contribution is -2.50. The van der Waals surface area contributed by atoms with Gasteiger partial charge < -0.3 is 19.9 Å². The van der Waals surface area contributed by atoms with Crippen molar-refractivity contribution in [3.63, 3.8) is 0 Å². The Morgan fingerprint density at radius 2 is 1.48 bits per heavy atom. The summed E-state index contributed by atoms with van der Waals surface area (Å²) in [5, 5.41) is 12.6. The maximum absolute atomic E-state index is 11.9. The number of amides is 1.